The summed E-state index contributed by atoms with van der Waals surface area (Å²) in [6.07, 6.45) is 0. The van der Waals surface area contributed by atoms with Crippen molar-refractivity contribution in [3.63, 3.8) is 0 Å². The minimum atomic E-state index is -0.458. The summed E-state index contributed by atoms with van der Waals surface area (Å²) >= 11 is 17.6. The van der Waals surface area contributed by atoms with Crippen molar-refractivity contribution in [1.29, 1.82) is 0 Å². The molecule has 1 aromatic rings. The number of carbonyl (C=O) groups is 1. The van der Waals surface area contributed by atoms with Gasteiger partial charge < -0.3 is 14.0 Å². The fourth-order valence-electron chi connectivity index (χ4n) is 1.23. The van der Waals surface area contributed by atoms with Gasteiger partial charge >= 0.3 is 5.97 Å². The van der Waals surface area contributed by atoms with Crippen LogP contribution in [0.1, 0.15) is 0 Å². The molecule has 0 aromatic heterocycles. The van der Waals surface area contributed by atoms with Crippen LogP contribution in [-0.4, -0.2) is 51.4 Å². The first kappa shape index (κ1) is 17.4. The van der Waals surface area contributed by atoms with E-state index in [1.54, 1.807) is 0 Å². The molecule has 0 heterocycles. The Morgan fingerprint density at radius 1 is 1.10 bits per heavy atom. The summed E-state index contributed by atoms with van der Waals surface area (Å²) in [5.41, 5.74) is 0. The Hall–Kier alpha value is -0.680. The molecule has 4 nitrogen and oxygen atoms in total. The van der Waals surface area contributed by atoms with Gasteiger partial charge in [-0.05, 0) is 6.07 Å². The number of nitrogens with zero attached hydrogens (tertiary/aromatic N) is 1. The monoisotopic (exact) mass is 340 g/mol. The van der Waals surface area contributed by atoms with Gasteiger partial charge in [-0.2, -0.15) is 0 Å². The molecule has 0 unspecified atom stereocenters. The lowest BCUT2D eigenvalue weighted by Crippen LogP contribution is -2.38. The van der Waals surface area contributed by atoms with Crippen LogP contribution < -0.4 is 4.74 Å². The molecule has 0 atom stereocenters. The first-order valence-electron chi connectivity index (χ1n) is 5.92. The molecule has 0 fully saturated rings. The highest BCUT2D eigenvalue weighted by Crippen LogP contribution is 2.33. The van der Waals surface area contributed by atoms with E-state index < -0.39 is 5.97 Å². The van der Waals surface area contributed by atoms with E-state index in [1.807, 2.05) is 21.1 Å². The van der Waals surface area contributed by atoms with Gasteiger partial charge in [-0.3, -0.25) is 0 Å². The molecule has 0 amide bonds. The van der Waals surface area contributed by atoms with Crippen LogP contribution in [0, 0.1) is 0 Å². The highest BCUT2D eigenvalue weighted by molar-refractivity contribution is 6.43. The first-order valence-corrected chi connectivity index (χ1v) is 7.06. The van der Waals surface area contributed by atoms with E-state index in [-0.39, 0.29) is 6.61 Å². The third-order valence-corrected chi connectivity index (χ3v) is 3.36. The summed E-state index contributed by atoms with van der Waals surface area (Å²) < 4.78 is 11.0. The molecular formula is C13H17Cl3NO3+. The van der Waals surface area contributed by atoms with Crippen molar-refractivity contribution >= 4 is 40.8 Å². The number of carbonyl (C=O) groups excluding carboxylic acids is 1. The minimum Gasteiger partial charge on any atom is -0.480 e. The highest BCUT2D eigenvalue weighted by atomic mass is 35.5. The van der Waals surface area contributed by atoms with Crippen LogP contribution in [-0.2, 0) is 9.53 Å². The van der Waals surface area contributed by atoms with Crippen LogP contribution in [0.2, 0.25) is 15.1 Å². The van der Waals surface area contributed by atoms with Crippen LogP contribution in [0.5, 0.6) is 5.75 Å². The molecule has 112 valence electrons. The maximum Gasteiger partial charge on any atom is 0.344 e. The molecule has 0 aliphatic carbocycles. The van der Waals surface area contributed by atoms with Crippen molar-refractivity contribution in [2.45, 2.75) is 0 Å². The van der Waals surface area contributed by atoms with E-state index in [0.29, 0.717) is 31.9 Å². The number of benzene rings is 1. The quantitative estimate of drug-likeness (QED) is 0.452. The second kappa shape index (κ2) is 7.36. The van der Waals surface area contributed by atoms with E-state index >= 15 is 0 Å². The zero-order valence-electron chi connectivity index (χ0n) is 11.6. The van der Waals surface area contributed by atoms with E-state index in [9.17, 15) is 4.79 Å². The van der Waals surface area contributed by atoms with Crippen LogP contribution in [0.3, 0.4) is 0 Å². The van der Waals surface area contributed by atoms with Crippen LogP contribution in [0.4, 0.5) is 0 Å². The average Bonchev–Trinajstić information content (AvgIpc) is 2.30. The second-order valence-corrected chi connectivity index (χ2v) is 6.44. The summed E-state index contributed by atoms with van der Waals surface area (Å²) in [6.45, 7) is 0.828. The number of halogens is 3. The molecule has 0 spiro atoms. The third kappa shape index (κ3) is 6.18. The lowest BCUT2D eigenvalue weighted by molar-refractivity contribution is -0.870. The summed E-state index contributed by atoms with van der Waals surface area (Å²) in [5, 5.41) is 0.928. The van der Waals surface area contributed by atoms with Gasteiger partial charge in [0.05, 0.1) is 36.2 Å². The van der Waals surface area contributed by atoms with Crippen molar-refractivity contribution in [3.8, 4) is 5.75 Å². The first-order chi connectivity index (χ1) is 9.19. The fraction of sp³-hybridized carbons (Fsp3) is 0.462. The Morgan fingerprint density at radius 2 is 1.70 bits per heavy atom. The second-order valence-electron chi connectivity index (χ2n) is 5.22. The number of rotatable bonds is 6. The Morgan fingerprint density at radius 3 is 2.30 bits per heavy atom. The summed E-state index contributed by atoms with van der Waals surface area (Å²) in [5.74, 6) is -0.162. The summed E-state index contributed by atoms with van der Waals surface area (Å²) in [6, 6.07) is 2.93. The van der Waals surface area contributed by atoms with Gasteiger partial charge in [0.15, 0.2) is 6.61 Å². The number of likely N-dealkylation sites (N-methyl/N-ethyl adjacent to an activating group) is 1. The molecule has 0 aliphatic heterocycles. The van der Waals surface area contributed by atoms with Gasteiger partial charge in [0.1, 0.15) is 18.9 Å². The average molecular weight is 342 g/mol. The molecule has 0 N–H and O–H groups in total. The Kier molecular flexibility index (Phi) is 6.40. The van der Waals surface area contributed by atoms with E-state index in [0.717, 1.165) is 6.54 Å². The smallest absolute Gasteiger partial charge is 0.344 e. The lowest BCUT2D eigenvalue weighted by atomic mass is 10.3. The largest absolute Gasteiger partial charge is 0.480 e. The summed E-state index contributed by atoms with van der Waals surface area (Å²) in [7, 11) is 6.04. The van der Waals surface area contributed by atoms with E-state index in [1.165, 1.54) is 12.1 Å². The van der Waals surface area contributed by atoms with Gasteiger partial charge in [-0.15, -0.1) is 0 Å². The van der Waals surface area contributed by atoms with Crippen molar-refractivity contribution in [2.75, 3.05) is 40.9 Å². The number of ether oxygens (including phenoxy) is 2. The lowest BCUT2D eigenvalue weighted by Gasteiger charge is -2.23. The number of esters is 1. The Bertz CT molecular complexity index is 486. The van der Waals surface area contributed by atoms with E-state index in [2.05, 4.69) is 0 Å². The minimum absolute atomic E-state index is 0.227. The van der Waals surface area contributed by atoms with Gasteiger partial charge in [-0.25, -0.2) is 4.79 Å². The highest BCUT2D eigenvalue weighted by Gasteiger charge is 2.12. The fourth-order valence-corrected chi connectivity index (χ4v) is 1.82. The van der Waals surface area contributed by atoms with Gasteiger partial charge in [0.25, 0.3) is 0 Å². The van der Waals surface area contributed by atoms with Crippen LogP contribution in [0.25, 0.3) is 0 Å². The molecule has 0 aliphatic rings. The molecule has 0 radical (unpaired) electrons. The molecule has 20 heavy (non-hydrogen) atoms. The Labute approximate surface area is 133 Å². The van der Waals surface area contributed by atoms with Gasteiger partial charge in [-0.1, -0.05) is 34.8 Å². The van der Waals surface area contributed by atoms with Crippen molar-refractivity contribution in [1.82, 2.24) is 0 Å². The SMILES string of the molecule is C[N+](C)(C)CCOC(=O)COc1cc(Cl)c(Cl)cc1Cl. The standard InChI is InChI=1S/C13H17Cl3NO3/c1-17(2,3)4-5-19-13(18)8-20-12-7-10(15)9(14)6-11(12)16/h6-7H,4-5,8H2,1-3H3/q+1. The molecule has 0 saturated carbocycles. The van der Waals surface area contributed by atoms with Crippen LogP contribution >= 0.6 is 34.8 Å². The van der Waals surface area contributed by atoms with Crippen LogP contribution in [0.15, 0.2) is 12.1 Å². The maximum atomic E-state index is 11.5. The molecule has 1 aromatic carbocycles. The third-order valence-electron chi connectivity index (χ3n) is 2.35. The van der Waals surface area contributed by atoms with Crippen molar-refractivity contribution in [2.24, 2.45) is 0 Å². The topological polar surface area (TPSA) is 35.5 Å². The molecular weight excluding hydrogens is 325 g/mol. The zero-order valence-corrected chi connectivity index (χ0v) is 13.8. The summed E-state index contributed by atoms with van der Waals surface area (Å²) in [4.78, 5) is 11.5. The van der Waals surface area contributed by atoms with Gasteiger partial charge in [0.2, 0.25) is 0 Å². The normalized spacial score (nSPS) is 11.3. The predicted molar refractivity (Wildman–Crippen MR) is 80.8 cm³/mol. The van der Waals surface area contributed by atoms with Crippen molar-refractivity contribution in [3.05, 3.63) is 27.2 Å². The number of hydrogen-bond acceptors (Lipinski definition) is 3. The predicted octanol–water partition coefficient (Wildman–Crippen LogP) is 3.28. The Balaban J connectivity index is 2.43. The zero-order chi connectivity index (χ0) is 15.3. The molecule has 0 bridgehead atoms. The van der Waals surface area contributed by atoms with Crippen molar-refractivity contribution < 1.29 is 18.8 Å². The van der Waals surface area contributed by atoms with Gasteiger partial charge in [0, 0.05) is 6.07 Å². The molecule has 1 rings (SSSR count). The molecule has 7 heteroatoms. The maximum absolute atomic E-state index is 11.5. The molecule has 0 saturated heterocycles. The van der Waals surface area contributed by atoms with E-state index in [4.69, 9.17) is 44.3 Å². The number of quaternary nitrogens is 1. The number of hydrogen-bond donors (Lipinski definition) is 0.